The second kappa shape index (κ2) is 5.49. The number of rotatable bonds is 6. The first-order valence-electron chi connectivity index (χ1n) is 6.42. The summed E-state index contributed by atoms with van der Waals surface area (Å²) in [6, 6.07) is -1.12. The zero-order valence-corrected chi connectivity index (χ0v) is 11.4. The smallest absolute Gasteiger partial charge is 0.422 e. The molecule has 0 aromatic rings. The molecule has 0 aliphatic heterocycles. The molecule has 1 atom stereocenters. The largest absolute Gasteiger partial charge is 0.479 e. The third-order valence-electron chi connectivity index (χ3n) is 3.72. The van der Waals surface area contributed by atoms with Crippen LogP contribution in [0.2, 0.25) is 0 Å². The van der Waals surface area contributed by atoms with Crippen LogP contribution in [0.25, 0.3) is 0 Å². The number of hydrogen-bond acceptors (Lipinski definition) is 2. The number of carboxylic acid groups (broad SMARTS) is 1. The molecule has 2 amide bonds. The lowest BCUT2D eigenvalue weighted by Crippen LogP contribution is -2.63. The van der Waals surface area contributed by atoms with Gasteiger partial charge in [-0.2, -0.15) is 13.2 Å². The highest BCUT2D eigenvalue weighted by Crippen LogP contribution is 2.48. The van der Waals surface area contributed by atoms with Crippen molar-refractivity contribution in [2.24, 2.45) is 5.41 Å². The molecule has 1 aliphatic rings. The van der Waals surface area contributed by atoms with Gasteiger partial charge in [0, 0.05) is 6.54 Å². The second-order valence-electron chi connectivity index (χ2n) is 5.49. The van der Waals surface area contributed by atoms with Crippen LogP contribution in [0.15, 0.2) is 0 Å². The first-order chi connectivity index (χ1) is 9.06. The number of carboxylic acids is 1. The fourth-order valence-corrected chi connectivity index (χ4v) is 2.01. The molecule has 0 saturated heterocycles. The average Bonchev–Trinajstić information content (AvgIpc) is 3.05. The number of amides is 2. The predicted octanol–water partition coefficient (Wildman–Crippen LogP) is 2.27. The molecule has 0 aromatic carbocycles. The Hall–Kier alpha value is -1.47. The maximum absolute atomic E-state index is 12.7. The summed E-state index contributed by atoms with van der Waals surface area (Å²) < 4.78 is 38.1. The van der Waals surface area contributed by atoms with E-state index < -0.39 is 23.7 Å². The van der Waals surface area contributed by atoms with Gasteiger partial charge in [0.2, 0.25) is 5.54 Å². The average molecular weight is 296 g/mol. The number of carbonyl (C=O) groups is 2. The van der Waals surface area contributed by atoms with Crippen LogP contribution in [-0.4, -0.2) is 35.4 Å². The van der Waals surface area contributed by atoms with Crippen LogP contribution in [0, 0.1) is 5.41 Å². The van der Waals surface area contributed by atoms with Crippen molar-refractivity contribution in [1.29, 1.82) is 0 Å². The van der Waals surface area contributed by atoms with E-state index in [1.54, 1.807) is 0 Å². The maximum Gasteiger partial charge on any atom is 0.422 e. The van der Waals surface area contributed by atoms with E-state index in [-0.39, 0.29) is 12.0 Å². The lowest BCUT2D eigenvalue weighted by molar-refractivity contribution is -0.203. The minimum Gasteiger partial charge on any atom is -0.479 e. The maximum atomic E-state index is 12.7. The van der Waals surface area contributed by atoms with Crippen LogP contribution in [0.4, 0.5) is 18.0 Å². The van der Waals surface area contributed by atoms with Crippen LogP contribution >= 0.6 is 0 Å². The van der Waals surface area contributed by atoms with Gasteiger partial charge in [0.25, 0.3) is 0 Å². The Kier molecular flexibility index (Phi) is 4.55. The number of urea groups is 1. The molecule has 116 valence electrons. The number of alkyl halides is 3. The van der Waals surface area contributed by atoms with Gasteiger partial charge in [-0.1, -0.05) is 13.3 Å². The van der Waals surface area contributed by atoms with Gasteiger partial charge in [-0.05, 0) is 31.6 Å². The molecule has 1 unspecified atom stereocenters. The zero-order valence-electron chi connectivity index (χ0n) is 11.4. The monoisotopic (exact) mass is 296 g/mol. The van der Waals surface area contributed by atoms with Crippen molar-refractivity contribution in [3.8, 4) is 0 Å². The zero-order chi connectivity index (χ0) is 15.6. The fraction of sp³-hybridized carbons (Fsp3) is 0.833. The van der Waals surface area contributed by atoms with E-state index in [1.165, 1.54) is 5.32 Å². The van der Waals surface area contributed by atoms with Gasteiger partial charge in [0.1, 0.15) is 0 Å². The van der Waals surface area contributed by atoms with E-state index in [9.17, 15) is 22.8 Å². The fourth-order valence-electron chi connectivity index (χ4n) is 2.01. The molecule has 8 heteroatoms. The van der Waals surface area contributed by atoms with Gasteiger partial charge in [-0.25, -0.2) is 9.59 Å². The Labute approximate surface area is 114 Å². The quantitative estimate of drug-likeness (QED) is 0.703. The highest BCUT2D eigenvalue weighted by atomic mass is 19.4. The summed E-state index contributed by atoms with van der Waals surface area (Å²) in [5.41, 5.74) is -3.32. The minimum atomic E-state index is -5.07. The lowest BCUT2D eigenvalue weighted by Gasteiger charge is -2.29. The topological polar surface area (TPSA) is 78.4 Å². The molecule has 5 nitrogen and oxygen atoms in total. The third-order valence-corrected chi connectivity index (χ3v) is 3.72. The van der Waals surface area contributed by atoms with Crippen molar-refractivity contribution in [2.75, 3.05) is 6.54 Å². The van der Waals surface area contributed by atoms with Crippen molar-refractivity contribution >= 4 is 12.0 Å². The van der Waals surface area contributed by atoms with Crippen molar-refractivity contribution < 1.29 is 27.9 Å². The lowest BCUT2D eigenvalue weighted by atomic mass is 10.0. The second-order valence-corrected chi connectivity index (χ2v) is 5.49. The van der Waals surface area contributed by atoms with Gasteiger partial charge in [0.15, 0.2) is 0 Å². The Morgan fingerprint density at radius 2 is 1.85 bits per heavy atom. The highest BCUT2D eigenvalue weighted by Gasteiger charge is 2.58. The van der Waals surface area contributed by atoms with Crippen LogP contribution in [0.1, 0.15) is 39.5 Å². The predicted molar refractivity (Wildman–Crippen MR) is 65.2 cm³/mol. The molecule has 1 aliphatic carbocycles. The number of aliphatic carboxylic acids is 1. The van der Waals surface area contributed by atoms with Gasteiger partial charge in [0.05, 0.1) is 0 Å². The van der Waals surface area contributed by atoms with Crippen molar-refractivity contribution in [3.05, 3.63) is 0 Å². The number of hydrogen-bond donors (Lipinski definition) is 3. The number of nitrogens with one attached hydrogen (secondary N) is 2. The molecule has 0 heterocycles. The number of halogens is 3. The summed E-state index contributed by atoms with van der Waals surface area (Å²) >= 11 is 0. The summed E-state index contributed by atoms with van der Waals surface area (Å²) in [5, 5.41) is 12.5. The van der Waals surface area contributed by atoms with Gasteiger partial charge in [-0.3, -0.25) is 0 Å². The molecular weight excluding hydrogens is 277 g/mol. The molecule has 0 aromatic heterocycles. The number of carbonyl (C=O) groups excluding carboxylic acids is 1. The molecule has 1 saturated carbocycles. The van der Waals surface area contributed by atoms with Crippen LogP contribution < -0.4 is 10.6 Å². The summed E-state index contributed by atoms with van der Waals surface area (Å²) in [4.78, 5) is 22.3. The molecular formula is C12H19F3N2O3. The molecule has 0 bridgehead atoms. The Bertz CT molecular complexity index is 394. The van der Waals surface area contributed by atoms with Crippen molar-refractivity contribution in [2.45, 2.75) is 51.2 Å². The van der Waals surface area contributed by atoms with Gasteiger partial charge < -0.3 is 15.7 Å². The normalized spacial score (nSPS) is 19.9. The molecule has 20 heavy (non-hydrogen) atoms. The summed E-state index contributed by atoms with van der Waals surface area (Å²) in [6.07, 6.45) is -1.40. The van der Waals surface area contributed by atoms with E-state index in [0.717, 1.165) is 25.7 Å². The van der Waals surface area contributed by atoms with Gasteiger partial charge >= 0.3 is 18.2 Å². The molecule has 1 fully saturated rings. The summed E-state index contributed by atoms with van der Waals surface area (Å²) in [6.45, 7) is 2.68. The van der Waals surface area contributed by atoms with Crippen molar-refractivity contribution in [3.63, 3.8) is 0 Å². The highest BCUT2D eigenvalue weighted by molar-refractivity contribution is 5.86. The molecule has 0 spiro atoms. The Balaban J connectivity index is 2.58. The standard InChI is InChI=1S/C12H19F3N2O3/c1-3-4-11(5-6-11)7-16-9(20)17-10(2,8(18)19)12(13,14)15/h3-7H2,1-2H3,(H,18,19)(H2,16,17,20). The first-order valence-corrected chi connectivity index (χ1v) is 6.42. The van der Waals surface area contributed by atoms with Crippen molar-refractivity contribution in [1.82, 2.24) is 10.6 Å². The first kappa shape index (κ1) is 16.6. The van der Waals surface area contributed by atoms with Crippen LogP contribution in [0.5, 0.6) is 0 Å². The Morgan fingerprint density at radius 1 is 1.30 bits per heavy atom. The van der Waals surface area contributed by atoms with Crippen LogP contribution in [0.3, 0.4) is 0 Å². The van der Waals surface area contributed by atoms with E-state index in [1.807, 2.05) is 6.92 Å². The summed E-state index contributed by atoms with van der Waals surface area (Å²) in [5.74, 6) is -2.14. The molecule has 1 rings (SSSR count). The molecule has 0 radical (unpaired) electrons. The third kappa shape index (κ3) is 3.55. The van der Waals surface area contributed by atoms with Gasteiger partial charge in [-0.15, -0.1) is 0 Å². The van der Waals surface area contributed by atoms with E-state index in [2.05, 4.69) is 5.32 Å². The van der Waals surface area contributed by atoms with E-state index in [0.29, 0.717) is 6.92 Å². The minimum absolute atomic E-state index is 0.0239. The van der Waals surface area contributed by atoms with Crippen LogP contribution in [-0.2, 0) is 4.79 Å². The Morgan fingerprint density at radius 3 is 2.20 bits per heavy atom. The summed E-state index contributed by atoms with van der Waals surface area (Å²) in [7, 11) is 0. The van der Waals surface area contributed by atoms with E-state index in [4.69, 9.17) is 5.11 Å². The molecule has 3 N–H and O–H groups in total. The SMILES string of the molecule is CCCC1(CNC(=O)NC(C)(C(=O)O)C(F)(F)F)CC1. The van der Waals surface area contributed by atoms with E-state index >= 15 is 0 Å².